The second-order valence-electron chi connectivity index (χ2n) is 5.72. The fourth-order valence-electron chi connectivity index (χ4n) is 3.32. The van der Waals surface area contributed by atoms with Crippen LogP contribution in [0.4, 0.5) is 0 Å². The van der Waals surface area contributed by atoms with E-state index in [4.69, 9.17) is 21.3 Å². The number of imidazole rings is 1. The minimum absolute atomic E-state index is 0.471. The summed E-state index contributed by atoms with van der Waals surface area (Å²) in [5, 5.41) is 0. The van der Waals surface area contributed by atoms with Crippen molar-refractivity contribution in [3.05, 3.63) is 24.0 Å². The van der Waals surface area contributed by atoms with E-state index < -0.39 is 0 Å². The Kier molecular flexibility index (Phi) is 4.36. The lowest BCUT2D eigenvalue weighted by Gasteiger charge is -2.32. The van der Waals surface area contributed by atoms with Gasteiger partial charge in [-0.2, -0.15) is 0 Å². The van der Waals surface area contributed by atoms with Crippen LogP contribution in [-0.4, -0.2) is 47.6 Å². The molecular formula is C16H22ClN3O. The Morgan fingerprint density at radius 2 is 2.29 bits per heavy atom. The number of nitrogens with zero attached hydrogens (tertiary/aromatic N) is 3. The molecular weight excluding hydrogens is 286 g/mol. The van der Waals surface area contributed by atoms with E-state index in [0.717, 1.165) is 35.6 Å². The first-order valence-corrected chi connectivity index (χ1v) is 8.06. The maximum atomic E-state index is 5.98. The van der Waals surface area contributed by atoms with Crippen LogP contribution in [0.5, 0.6) is 5.75 Å². The Bertz CT molecular complexity index is 625. The molecule has 0 amide bonds. The number of aromatic nitrogens is 2. The average molecular weight is 308 g/mol. The third-order valence-electron chi connectivity index (χ3n) is 4.26. The third kappa shape index (κ3) is 2.74. The van der Waals surface area contributed by atoms with E-state index in [-0.39, 0.29) is 0 Å². The molecule has 0 radical (unpaired) electrons. The van der Waals surface area contributed by atoms with Crippen LogP contribution in [0.1, 0.15) is 24.7 Å². The zero-order valence-electron chi connectivity index (χ0n) is 12.7. The molecule has 2 heterocycles. The van der Waals surface area contributed by atoms with Crippen molar-refractivity contribution < 1.29 is 4.74 Å². The monoisotopic (exact) mass is 307 g/mol. The van der Waals surface area contributed by atoms with E-state index in [1.807, 2.05) is 12.1 Å². The van der Waals surface area contributed by atoms with E-state index >= 15 is 0 Å². The summed E-state index contributed by atoms with van der Waals surface area (Å²) in [7, 11) is 3.89. The molecule has 1 aliphatic rings. The summed E-state index contributed by atoms with van der Waals surface area (Å²) in [5.41, 5.74) is 2.11. The zero-order valence-corrected chi connectivity index (χ0v) is 13.4. The molecule has 0 saturated carbocycles. The van der Waals surface area contributed by atoms with Gasteiger partial charge in [0, 0.05) is 24.9 Å². The number of ether oxygens (including phenoxy) is 1. The number of fused-ring (bicyclic) bond motifs is 1. The van der Waals surface area contributed by atoms with Gasteiger partial charge in [0.2, 0.25) is 0 Å². The van der Waals surface area contributed by atoms with Crippen LogP contribution >= 0.6 is 11.6 Å². The summed E-state index contributed by atoms with van der Waals surface area (Å²) in [6.45, 7) is 2.25. The Morgan fingerprint density at radius 1 is 1.43 bits per heavy atom. The van der Waals surface area contributed by atoms with Gasteiger partial charge in [0.05, 0.1) is 12.6 Å². The molecule has 3 rings (SSSR count). The van der Waals surface area contributed by atoms with Crippen molar-refractivity contribution in [2.45, 2.75) is 25.3 Å². The molecule has 0 N–H and O–H groups in total. The van der Waals surface area contributed by atoms with Gasteiger partial charge in [0.25, 0.3) is 0 Å². The van der Waals surface area contributed by atoms with Crippen LogP contribution in [0.15, 0.2) is 18.2 Å². The fraction of sp³-hybridized carbons (Fsp3) is 0.562. The number of benzene rings is 1. The highest BCUT2D eigenvalue weighted by atomic mass is 35.5. The van der Waals surface area contributed by atoms with Gasteiger partial charge in [-0.15, -0.1) is 11.6 Å². The SMILES string of the molecule is COc1cccc2c1nc(CCCl)n2C1CCCN(C)C1. The van der Waals surface area contributed by atoms with Crippen LogP contribution in [-0.2, 0) is 6.42 Å². The molecule has 5 heteroatoms. The lowest BCUT2D eigenvalue weighted by Crippen LogP contribution is -2.34. The van der Waals surface area contributed by atoms with Gasteiger partial charge in [-0.3, -0.25) is 0 Å². The van der Waals surface area contributed by atoms with E-state index in [2.05, 4.69) is 22.6 Å². The molecule has 1 fully saturated rings. The van der Waals surface area contributed by atoms with Crippen molar-refractivity contribution in [3.8, 4) is 5.75 Å². The van der Waals surface area contributed by atoms with E-state index in [9.17, 15) is 0 Å². The first-order chi connectivity index (χ1) is 10.2. The van der Waals surface area contributed by atoms with Gasteiger partial charge in [0.1, 0.15) is 17.1 Å². The Hall–Kier alpha value is -1.26. The largest absolute Gasteiger partial charge is 0.494 e. The zero-order chi connectivity index (χ0) is 14.8. The van der Waals surface area contributed by atoms with Crippen LogP contribution in [0, 0.1) is 0 Å². The second kappa shape index (κ2) is 6.24. The summed E-state index contributed by atoms with van der Waals surface area (Å²) in [6.07, 6.45) is 3.22. The van der Waals surface area contributed by atoms with Crippen molar-refractivity contribution >= 4 is 22.6 Å². The number of alkyl halides is 1. The van der Waals surface area contributed by atoms with Crippen LogP contribution in [0.3, 0.4) is 0 Å². The molecule has 1 atom stereocenters. The molecule has 1 unspecified atom stereocenters. The minimum Gasteiger partial charge on any atom is -0.494 e. The molecule has 2 aromatic rings. The predicted molar refractivity (Wildman–Crippen MR) is 86.5 cm³/mol. The lowest BCUT2D eigenvalue weighted by molar-refractivity contribution is 0.212. The molecule has 1 aromatic carbocycles. The van der Waals surface area contributed by atoms with Gasteiger partial charge >= 0.3 is 0 Å². The predicted octanol–water partition coefficient (Wildman–Crippen LogP) is 3.09. The quantitative estimate of drug-likeness (QED) is 0.813. The lowest BCUT2D eigenvalue weighted by atomic mass is 10.1. The number of methoxy groups -OCH3 is 1. The van der Waals surface area contributed by atoms with E-state index in [1.165, 1.54) is 19.4 Å². The summed E-state index contributed by atoms with van der Waals surface area (Å²) >= 11 is 5.98. The molecule has 1 aromatic heterocycles. The highest BCUT2D eigenvalue weighted by Gasteiger charge is 2.24. The summed E-state index contributed by atoms with van der Waals surface area (Å²) in [4.78, 5) is 7.20. The molecule has 0 aliphatic carbocycles. The highest BCUT2D eigenvalue weighted by molar-refractivity contribution is 6.17. The Morgan fingerprint density at radius 3 is 3.00 bits per heavy atom. The van der Waals surface area contributed by atoms with Gasteiger partial charge < -0.3 is 14.2 Å². The molecule has 114 valence electrons. The van der Waals surface area contributed by atoms with E-state index in [1.54, 1.807) is 7.11 Å². The van der Waals surface area contributed by atoms with Crippen molar-refractivity contribution in [1.82, 2.24) is 14.5 Å². The number of hydrogen-bond acceptors (Lipinski definition) is 3. The molecule has 1 saturated heterocycles. The molecule has 0 bridgehead atoms. The average Bonchev–Trinajstić information content (AvgIpc) is 2.85. The summed E-state index contributed by atoms with van der Waals surface area (Å²) < 4.78 is 7.85. The number of aryl methyl sites for hydroxylation is 1. The van der Waals surface area contributed by atoms with Crippen molar-refractivity contribution in [1.29, 1.82) is 0 Å². The van der Waals surface area contributed by atoms with Gasteiger partial charge in [-0.1, -0.05) is 6.07 Å². The Labute approximate surface area is 130 Å². The van der Waals surface area contributed by atoms with Crippen molar-refractivity contribution in [2.75, 3.05) is 33.1 Å². The van der Waals surface area contributed by atoms with E-state index in [0.29, 0.717) is 11.9 Å². The number of para-hydroxylation sites is 1. The minimum atomic E-state index is 0.471. The van der Waals surface area contributed by atoms with Gasteiger partial charge in [-0.05, 0) is 38.6 Å². The standard InChI is InChI=1S/C16H22ClN3O/c1-19-10-4-5-12(11-19)20-13-6-3-7-14(21-2)16(13)18-15(20)8-9-17/h3,6-7,12H,4-5,8-11H2,1-2H3. The summed E-state index contributed by atoms with van der Waals surface area (Å²) in [6, 6.07) is 6.61. The number of likely N-dealkylation sites (tertiary alicyclic amines) is 1. The molecule has 1 aliphatic heterocycles. The topological polar surface area (TPSA) is 30.3 Å². The smallest absolute Gasteiger partial charge is 0.146 e. The number of piperidine rings is 1. The van der Waals surface area contributed by atoms with Crippen LogP contribution < -0.4 is 4.74 Å². The maximum Gasteiger partial charge on any atom is 0.146 e. The normalized spacial score (nSPS) is 20.0. The van der Waals surface area contributed by atoms with Crippen molar-refractivity contribution in [2.24, 2.45) is 0 Å². The van der Waals surface area contributed by atoms with Gasteiger partial charge in [0.15, 0.2) is 0 Å². The summed E-state index contributed by atoms with van der Waals surface area (Å²) in [5.74, 6) is 2.50. The second-order valence-corrected chi connectivity index (χ2v) is 6.10. The van der Waals surface area contributed by atoms with Crippen LogP contribution in [0.25, 0.3) is 11.0 Å². The number of hydrogen-bond donors (Lipinski definition) is 0. The molecule has 4 nitrogen and oxygen atoms in total. The van der Waals surface area contributed by atoms with Crippen LogP contribution in [0.2, 0.25) is 0 Å². The molecule has 21 heavy (non-hydrogen) atoms. The molecule has 0 spiro atoms. The third-order valence-corrected chi connectivity index (χ3v) is 4.45. The number of likely N-dealkylation sites (N-methyl/N-ethyl adjacent to an activating group) is 1. The Balaban J connectivity index is 2.11. The first-order valence-electron chi connectivity index (χ1n) is 7.53. The van der Waals surface area contributed by atoms with Crippen molar-refractivity contribution in [3.63, 3.8) is 0 Å². The number of halogens is 1. The maximum absolute atomic E-state index is 5.98. The number of rotatable bonds is 4. The fourth-order valence-corrected chi connectivity index (χ4v) is 3.49. The first kappa shape index (κ1) is 14.7. The highest BCUT2D eigenvalue weighted by Crippen LogP contribution is 2.31. The van der Waals surface area contributed by atoms with Gasteiger partial charge in [-0.25, -0.2) is 4.98 Å².